The Morgan fingerprint density at radius 1 is 1.71 bits per heavy atom. The second-order valence-corrected chi connectivity index (χ2v) is 4.48. The number of nitrogens with two attached hydrogens (primary N) is 1. The Bertz CT molecular complexity index is 315. The highest BCUT2D eigenvalue weighted by atomic mass is 79.9. The topological polar surface area (TPSA) is 76.5 Å². The van der Waals surface area contributed by atoms with E-state index >= 15 is 0 Å². The van der Waals surface area contributed by atoms with Crippen LogP contribution in [0.15, 0.2) is 21.2 Å². The summed E-state index contributed by atoms with van der Waals surface area (Å²) in [5.74, 6) is 0.845. The molecule has 1 rings (SSSR count). The standard InChI is InChI=1S/C8H10BrNO3S/c9-7-2-1-5(13-7)3-14-4-6(10)8(11)12/h1-2,6H,3-4,10H2,(H,11,12)/t6-/m0/s1. The summed E-state index contributed by atoms with van der Waals surface area (Å²) in [6, 6.07) is 2.83. The van der Waals surface area contributed by atoms with E-state index < -0.39 is 12.0 Å². The number of rotatable bonds is 5. The first-order valence-electron chi connectivity index (χ1n) is 3.90. The van der Waals surface area contributed by atoms with Crippen molar-refractivity contribution in [2.45, 2.75) is 11.8 Å². The average Bonchev–Trinajstić information content (AvgIpc) is 2.51. The molecule has 1 aromatic rings. The average molecular weight is 280 g/mol. The van der Waals surface area contributed by atoms with Gasteiger partial charge in [0.15, 0.2) is 4.67 Å². The molecular weight excluding hydrogens is 270 g/mol. The van der Waals surface area contributed by atoms with Crippen LogP contribution in [0.2, 0.25) is 0 Å². The summed E-state index contributed by atoms with van der Waals surface area (Å²) in [7, 11) is 0. The highest BCUT2D eigenvalue weighted by molar-refractivity contribution is 9.10. The highest BCUT2D eigenvalue weighted by Crippen LogP contribution is 2.19. The molecule has 0 aliphatic rings. The minimum atomic E-state index is -0.974. The molecule has 0 bridgehead atoms. The molecule has 0 spiro atoms. The van der Waals surface area contributed by atoms with E-state index in [1.165, 1.54) is 11.8 Å². The number of hydrogen-bond acceptors (Lipinski definition) is 4. The maximum atomic E-state index is 10.4. The SMILES string of the molecule is N[C@@H](CSCc1ccc(Br)o1)C(=O)O. The third kappa shape index (κ3) is 3.73. The van der Waals surface area contributed by atoms with Crippen LogP contribution in [0.1, 0.15) is 5.76 Å². The second-order valence-electron chi connectivity index (χ2n) is 2.67. The number of halogens is 1. The van der Waals surface area contributed by atoms with E-state index in [-0.39, 0.29) is 0 Å². The molecule has 78 valence electrons. The van der Waals surface area contributed by atoms with Crippen LogP contribution in [0.3, 0.4) is 0 Å². The molecule has 0 unspecified atom stereocenters. The number of carbonyl (C=O) groups is 1. The van der Waals surface area contributed by atoms with Gasteiger partial charge in [0.05, 0.1) is 5.75 Å². The predicted molar refractivity (Wildman–Crippen MR) is 58.2 cm³/mol. The van der Waals surface area contributed by atoms with Gasteiger partial charge >= 0.3 is 5.97 Å². The number of hydrogen-bond donors (Lipinski definition) is 2. The van der Waals surface area contributed by atoms with E-state index in [9.17, 15) is 4.79 Å². The molecule has 6 heteroatoms. The zero-order chi connectivity index (χ0) is 10.6. The quantitative estimate of drug-likeness (QED) is 0.858. The van der Waals surface area contributed by atoms with Gasteiger partial charge in [-0.3, -0.25) is 4.79 Å². The summed E-state index contributed by atoms with van der Waals surface area (Å²) in [6.45, 7) is 0. The number of thioether (sulfide) groups is 1. The lowest BCUT2D eigenvalue weighted by Gasteiger charge is -2.03. The highest BCUT2D eigenvalue weighted by Gasteiger charge is 2.11. The van der Waals surface area contributed by atoms with Gasteiger partial charge in [-0.15, -0.1) is 0 Å². The fourth-order valence-electron chi connectivity index (χ4n) is 0.787. The molecule has 1 atom stereocenters. The van der Waals surface area contributed by atoms with Crippen LogP contribution in [-0.4, -0.2) is 22.9 Å². The van der Waals surface area contributed by atoms with Gasteiger partial charge in [0.2, 0.25) is 0 Å². The van der Waals surface area contributed by atoms with Crippen LogP contribution in [0.4, 0.5) is 0 Å². The first-order valence-corrected chi connectivity index (χ1v) is 5.84. The second kappa shape index (κ2) is 5.43. The predicted octanol–water partition coefficient (Wildman–Crippen LogP) is 1.69. The fourth-order valence-corrected chi connectivity index (χ4v) is 2.00. The third-order valence-electron chi connectivity index (χ3n) is 1.49. The molecule has 0 fully saturated rings. The molecule has 1 heterocycles. The van der Waals surface area contributed by atoms with Gasteiger partial charge in [-0.1, -0.05) is 0 Å². The molecule has 0 saturated heterocycles. The maximum Gasteiger partial charge on any atom is 0.321 e. The molecule has 0 aliphatic heterocycles. The van der Waals surface area contributed by atoms with Crippen molar-refractivity contribution in [1.29, 1.82) is 0 Å². The summed E-state index contributed by atoms with van der Waals surface area (Å²) in [6.07, 6.45) is 0. The Hall–Kier alpha value is -0.460. The molecular formula is C8H10BrNO3S. The zero-order valence-electron chi connectivity index (χ0n) is 7.27. The summed E-state index contributed by atoms with van der Waals surface area (Å²) in [5.41, 5.74) is 5.33. The molecule has 0 saturated carbocycles. The molecule has 0 aliphatic carbocycles. The Morgan fingerprint density at radius 2 is 2.43 bits per heavy atom. The van der Waals surface area contributed by atoms with Crippen molar-refractivity contribution in [2.75, 3.05) is 5.75 Å². The molecule has 1 aromatic heterocycles. The van der Waals surface area contributed by atoms with Crippen molar-refractivity contribution < 1.29 is 14.3 Å². The largest absolute Gasteiger partial charge is 0.480 e. The maximum absolute atomic E-state index is 10.4. The summed E-state index contributed by atoms with van der Waals surface area (Å²) < 4.78 is 5.91. The lowest BCUT2D eigenvalue weighted by Crippen LogP contribution is -2.32. The Kier molecular flexibility index (Phi) is 4.50. The molecule has 0 aromatic carbocycles. The normalized spacial score (nSPS) is 12.7. The van der Waals surface area contributed by atoms with Gasteiger partial charge in [0, 0.05) is 5.75 Å². The lowest BCUT2D eigenvalue weighted by molar-refractivity contribution is -0.137. The third-order valence-corrected chi connectivity index (χ3v) is 3.00. The van der Waals surface area contributed by atoms with Crippen LogP contribution in [0.25, 0.3) is 0 Å². The molecule has 4 nitrogen and oxygen atoms in total. The van der Waals surface area contributed by atoms with Gasteiger partial charge < -0.3 is 15.3 Å². The Morgan fingerprint density at radius 3 is 2.93 bits per heavy atom. The van der Waals surface area contributed by atoms with E-state index in [0.717, 1.165) is 5.76 Å². The molecule has 14 heavy (non-hydrogen) atoms. The lowest BCUT2D eigenvalue weighted by atomic mass is 10.4. The van der Waals surface area contributed by atoms with E-state index in [4.69, 9.17) is 15.3 Å². The molecule has 0 radical (unpaired) electrons. The van der Waals surface area contributed by atoms with E-state index in [1.807, 2.05) is 6.07 Å². The smallest absolute Gasteiger partial charge is 0.321 e. The van der Waals surface area contributed by atoms with Gasteiger partial charge in [0.25, 0.3) is 0 Å². The van der Waals surface area contributed by atoms with Gasteiger partial charge in [-0.25, -0.2) is 0 Å². The number of carboxylic acid groups (broad SMARTS) is 1. The van der Waals surface area contributed by atoms with Crippen LogP contribution in [0, 0.1) is 0 Å². The van der Waals surface area contributed by atoms with Crippen molar-refractivity contribution in [3.8, 4) is 0 Å². The number of furan rings is 1. The van der Waals surface area contributed by atoms with Crippen molar-refractivity contribution >= 4 is 33.7 Å². The van der Waals surface area contributed by atoms with Crippen molar-refractivity contribution in [3.05, 3.63) is 22.6 Å². The number of carboxylic acids is 1. The summed E-state index contributed by atoms with van der Waals surface area (Å²) in [4.78, 5) is 10.4. The van der Waals surface area contributed by atoms with E-state index in [2.05, 4.69) is 15.9 Å². The minimum absolute atomic E-state index is 0.383. The first kappa shape index (κ1) is 11.6. The number of aliphatic carboxylic acids is 1. The summed E-state index contributed by atoms with van der Waals surface area (Å²) in [5, 5.41) is 8.51. The van der Waals surface area contributed by atoms with Crippen LogP contribution >= 0.6 is 27.7 Å². The van der Waals surface area contributed by atoms with Crippen molar-refractivity contribution in [2.24, 2.45) is 5.73 Å². The molecule has 3 N–H and O–H groups in total. The van der Waals surface area contributed by atoms with Gasteiger partial charge in [-0.05, 0) is 28.1 Å². The summed E-state index contributed by atoms with van der Waals surface area (Å²) >= 11 is 4.62. The minimum Gasteiger partial charge on any atom is -0.480 e. The fraction of sp³-hybridized carbons (Fsp3) is 0.375. The zero-order valence-corrected chi connectivity index (χ0v) is 9.68. The van der Waals surface area contributed by atoms with Crippen molar-refractivity contribution in [1.82, 2.24) is 0 Å². The van der Waals surface area contributed by atoms with Gasteiger partial charge in [-0.2, -0.15) is 11.8 Å². The Balaban J connectivity index is 2.25. The van der Waals surface area contributed by atoms with Crippen LogP contribution < -0.4 is 5.73 Å². The van der Waals surface area contributed by atoms with Gasteiger partial charge in [0.1, 0.15) is 11.8 Å². The Labute approximate surface area is 94.0 Å². The van der Waals surface area contributed by atoms with E-state index in [1.54, 1.807) is 6.07 Å². The molecule has 0 amide bonds. The first-order chi connectivity index (χ1) is 6.59. The van der Waals surface area contributed by atoms with Crippen molar-refractivity contribution in [3.63, 3.8) is 0 Å². The van der Waals surface area contributed by atoms with E-state index in [0.29, 0.717) is 16.2 Å². The van der Waals surface area contributed by atoms with Crippen LogP contribution in [-0.2, 0) is 10.5 Å². The van der Waals surface area contributed by atoms with Crippen LogP contribution in [0.5, 0.6) is 0 Å². The monoisotopic (exact) mass is 279 g/mol.